The highest BCUT2D eigenvalue weighted by Crippen LogP contribution is 2.32. The molecule has 0 aliphatic rings. The van der Waals surface area contributed by atoms with Crippen LogP contribution in [0.1, 0.15) is 27.7 Å². The van der Waals surface area contributed by atoms with E-state index >= 15 is 0 Å². The van der Waals surface area contributed by atoms with Gasteiger partial charge in [0.05, 0.1) is 3.79 Å². The van der Waals surface area contributed by atoms with Crippen molar-refractivity contribution in [2.24, 2.45) is 5.73 Å². The number of aryl methyl sites for hydroxylation is 2. The molecule has 0 aliphatic carbocycles. The van der Waals surface area contributed by atoms with Crippen LogP contribution in [-0.4, -0.2) is 6.54 Å². The number of halogens is 1. The van der Waals surface area contributed by atoms with Crippen LogP contribution in [0.4, 0.5) is 0 Å². The van der Waals surface area contributed by atoms with Gasteiger partial charge in [0.15, 0.2) is 0 Å². The Balaban J connectivity index is 2.28. The van der Waals surface area contributed by atoms with E-state index in [4.69, 9.17) is 10.5 Å². The molecule has 0 saturated heterocycles. The highest BCUT2D eigenvalue weighted by Gasteiger charge is 2.15. The van der Waals surface area contributed by atoms with Crippen molar-refractivity contribution in [3.8, 4) is 5.75 Å². The van der Waals surface area contributed by atoms with Gasteiger partial charge in [-0.2, -0.15) is 0 Å². The molecule has 2 rings (SSSR count). The van der Waals surface area contributed by atoms with E-state index in [1.165, 1.54) is 16.7 Å². The fraction of sp³-hybridized carbons (Fsp3) is 0.333. The Hall–Kier alpha value is -0.840. The third kappa shape index (κ3) is 3.38. The van der Waals surface area contributed by atoms with Crippen LogP contribution in [0.2, 0.25) is 0 Å². The Morgan fingerprint density at radius 1 is 1.26 bits per heavy atom. The maximum Gasteiger partial charge on any atom is 0.145 e. The van der Waals surface area contributed by atoms with Crippen LogP contribution >= 0.6 is 27.3 Å². The largest absolute Gasteiger partial charge is 0.483 e. The summed E-state index contributed by atoms with van der Waals surface area (Å²) < 4.78 is 7.22. The van der Waals surface area contributed by atoms with Gasteiger partial charge in [0, 0.05) is 11.4 Å². The molecule has 1 unspecified atom stereocenters. The molecular weight excluding hydrogens is 322 g/mol. The highest BCUT2D eigenvalue weighted by molar-refractivity contribution is 9.11. The third-order valence-electron chi connectivity index (χ3n) is 3.16. The van der Waals surface area contributed by atoms with Crippen LogP contribution in [0.25, 0.3) is 0 Å². The Morgan fingerprint density at radius 3 is 2.58 bits per heavy atom. The third-order valence-corrected chi connectivity index (χ3v) is 4.87. The normalized spacial score (nSPS) is 12.5. The average Bonchev–Trinajstić information content (AvgIpc) is 2.78. The zero-order chi connectivity index (χ0) is 14.0. The van der Waals surface area contributed by atoms with Crippen molar-refractivity contribution < 1.29 is 4.74 Å². The lowest BCUT2D eigenvalue weighted by molar-refractivity contribution is 0.216. The van der Waals surface area contributed by atoms with E-state index in [1.807, 2.05) is 6.07 Å². The summed E-state index contributed by atoms with van der Waals surface area (Å²) in [5.41, 5.74) is 9.49. The first kappa shape index (κ1) is 14.6. The number of benzene rings is 1. The molecule has 2 nitrogen and oxygen atoms in total. The number of thiophene rings is 1. The lowest BCUT2D eigenvalue weighted by Crippen LogP contribution is -2.18. The highest BCUT2D eigenvalue weighted by atomic mass is 79.9. The Labute approximate surface area is 126 Å². The zero-order valence-electron chi connectivity index (χ0n) is 11.4. The molecule has 0 bridgehead atoms. The fourth-order valence-electron chi connectivity index (χ4n) is 2.00. The van der Waals surface area contributed by atoms with Crippen molar-refractivity contribution in [3.05, 3.63) is 49.6 Å². The van der Waals surface area contributed by atoms with Crippen molar-refractivity contribution in [2.45, 2.75) is 26.9 Å². The number of ether oxygens (including phenoxy) is 1. The lowest BCUT2D eigenvalue weighted by Gasteiger charge is -2.19. The first-order valence-electron chi connectivity index (χ1n) is 6.21. The van der Waals surface area contributed by atoms with Crippen LogP contribution in [0.3, 0.4) is 0 Å². The molecule has 1 heterocycles. The quantitative estimate of drug-likeness (QED) is 0.888. The van der Waals surface area contributed by atoms with Crippen molar-refractivity contribution >= 4 is 27.3 Å². The van der Waals surface area contributed by atoms with E-state index in [0.29, 0.717) is 6.54 Å². The van der Waals surface area contributed by atoms with Crippen molar-refractivity contribution in [3.63, 3.8) is 0 Å². The van der Waals surface area contributed by atoms with Gasteiger partial charge in [-0.15, -0.1) is 11.3 Å². The molecular formula is C15H18BrNOS. The minimum Gasteiger partial charge on any atom is -0.483 e. The zero-order valence-corrected chi connectivity index (χ0v) is 13.8. The summed E-state index contributed by atoms with van der Waals surface area (Å²) in [6.45, 7) is 6.74. The summed E-state index contributed by atoms with van der Waals surface area (Å²) >= 11 is 5.14. The lowest BCUT2D eigenvalue weighted by atomic mass is 10.1. The molecule has 0 amide bonds. The predicted octanol–water partition coefficient (Wildman–Crippen LogP) is 4.51. The predicted molar refractivity (Wildman–Crippen MR) is 85.1 cm³/mol. The fourth-order valence-corrected chi connectivity index (χ4v) is 3.47. The van der Waals surface area contributed by atoms with Crippen LogP contribution in [-0.2, 0) is 0 Å². The van der Waals surface area contributed by atoms with Crippen LogP contribution in [0, 0.1) is 20.8 Å². The van der Waals surface area contributed by atoms with Crippen LogP contribution in [0.15, 0.2) is 28.1 Å². The van der Waals surface area contributed by atoms with Crippen LogP contribution in [0.5, 0.6) is 5.75 Å². The second-order valence-electron chi connectivity index (χ2n) is 4.69. The minimum atomic E-state index is -0.0869. The summed E-state index contributed by atoms with van der Waals surface area (Å²) in [7, 11) is 0. The average molecular weight is 340 g/mol. The molecule has 2 aromatic rings. The van der Waals surface area contributed by atoms with E-state index in [-0.39, 0.29) is 6.10 Å². The second-order valence-corrected chi connectivity index (χ2v) is 7.18. The van der Waals surface area contributed by atoms with Gasteiger partial charge < -0.3 is 10.5 Å². The van der Waals surface area contributed by atoms with Gasteiger partial charge in [-0.25, -0.2) is 0 Å². The number of hydrogen-bond acceptors (Lipinski definition) is 3. The van der Waals surface area contributed by atoms with E-state index in [0.717, 1.165) is 14.4 Å². The number of rotatable bonds is 4. The van der Waals surface area contributed by atoms with E-state index in [2.05, 4.69) is 54.9 Å². The van der Waals surface area contributed by atoms with E-state index < -0.39 is 0 Å². The summed E-state index contributed by atoms with van der Waals surface area (Å²) in [5, 5.41) is 0. The monoisotopic (exact) mass is 339 g/mol. The molecule has 0 radical (unpaired) electrons. The molecule has 0 aliphatic heterocycles. The van der Waals surface area contributed by atoms with Gasteiger partial charge in [-0.3, -0.25) is 0 Å². The number of nitrogens with two attached hydrogens (primary N) is 1. The molecule has 4 heteroatoms. The summed E-state index contributed by atoms with van der Waals surface area (Å²) in [6, 6.07) is 8.33. The Bertz CT molecular complexity index is 580. The van der Waals surface area contributed by atoms with Crippen molar-refractivity contribution in [1.82, 2.24) is 0 Å². The molecule has 0 saturated carbocycles. The first-order valence-corrected chi connectivity index (χ1v) is 7.82. The van der Waals surface area contributed by atoms with Crippen molar-refractivity contribution in [1.29, 1.82) is 0 Å². The van der Waals surface area contributed by atoms with E-state index in [1.54, 1.807) is 11.3 Å². The maximum absolute atomic E-state index is 6.12. The van der Waals surface area contributed by atoms with Crippen molar-refractivity contribution in [2.75, 3.05) is 6.54 Å². The second kappa shape index (κ2) is 6.07. The van der Waals surface area contributed by atoms with Gasteiger partial charge >= 0.3 is 0 Å². The Morgan fingerprint density at radius 2 is 2.00 bits per heavy atom. The molecule has 102 valence electrons. The van der Waals surface area contributed by atoms with Gasteiger partial charge in [0.1, 0.15) is 11.9 Å². The smallest absolute Gasteiger partial charge is 0.145 e. The van der Waals surface area contributed by atoms with Gasteiger partial charge in [-0.05, 0) is 71.6 Å². The standard InChI is InChI=1S/C15H18BrNOS/c1-9-6-10(2)11(3)12(7-9)18-13(8-17)14-4-5-15(16)19-14/h4-7,13H,8,17H2,1-3H3. The Kier molecular flexibility index (Phi) is 4.66. The topological polar surface area (TPSA) is 35.2 Å². The molecule has 1 aromatic carbocycles. The summed E-state index contributed by atoms with van der Waals surface area (Å²) in [5.74, 6) is 0.928. The molecule has 2 N–H and O–H groups in total. The van der Waals surface area contributed by atoms with Gasteiger partial charge in [0.25, 0.3) is 0 Å². The molecule has 1 atom stereocenters. The SMILES string of the molecule is Cc1cc(C)c(C)c(OC(CN)c2ccc(Br)s2)c1. The van der Waals surface area contributed by atoms with Crippen LogP contribution < -0.4 is 10.5 Å². The summed E-state index contributed by atoms with van der Waals surface area (Å²) in [4.78, 5) is 1.15. The number of hydrogen-bond donors (Lipinski definition) is 1. The molecule has 0 spiro atoms. The summed E-state index contributed by atoms with van der Waals surface area (Å²) in [6.07, 6.45) is -0.0869. The molecule has 0 fully saturated rings. The molecule has 1 aromatic heterocycles. The van der Waals surface area contributed by atoms with Gasteiger partial charge in [0.2, 0.25) is 0 Å². The maximum atomic E-state index is 6.12. The minimum absolute atomic E-state index is 0.0869. The van der Waals surface area contributed by atoms with E-state index in [9.17, 15) is 0 Å². The first-order chi connectivity index (χ1) is 9.01. The molecule has 19 heavy (non-hydrogen) atoms. The van der Waals surface area contributed by atoms with Gasteiger partial charge in [-0.1, -0.05) is 6.07 Å².